The van der Waals surface area contributed by atoms with Crippen LogP contribution >= 0.6 is 0 Å². The number of methoxy groups -OCH3 is 1. The van der Waals surface area contributed by atoms with Gasteiger partial charge in [0.2, 0.25) is 0 Å². The van der Waals surface area contributed by atoms with Gasteiger partial charge in [-0.3, -0.25) is 14.5 Å². The van der Waals surface area contributed by atoms with Crippen molar-refractivity contribution in [1.29, 1.82) is 0 Å². The topological polar surface area (TPSA) is 82.1 Å². The van der Waals surface area contributed by atoms with Crippen molar-refractivity contribution in [3.63, 3.8) is 0 Å². The standard InChI is InChI=1S/C17H29NO6/c1-7-11-23-16(21)18(12-15(20)22-6)13(8-2)9-10-14(19)24-17(3,4)5/h7,13H,1,8-12H2,2-6H3. The molecule has 0 aromatic heterocycles. The smallest absolute Gasteiger partial charge is 0.410 e. The Morgan fingerprint density at radius 3 is 2.29 bits per heavy atom. The SMILES string of the molecule is C=CCOC(=O)N(CC(=O)OC)C(CC)CCC(=O)OC(C)(C)C. The third kappa shape index (κ3) is 9.17. The highest BCUT2D eigenvalue weighted by Crippen LogP contribution is 2.16. The van der Waals surface area contributed by atoms with Gasteiger partial charge < -0.3 is 14.2 Å². The number of carbonyl (C=O) groups excluding carboxylic acids is 3. The van der Waals surface area contributed by atoms with Crippen LogP contribution in [0.1, 0.15) is 47.0 Å². The van der Waals surface area contributed by atoms with E-state index < -0.39 is 17.7 Å². The Morgan fingerprint density at radius 2 is 1.83 bits per heavy atom. The van der Waals surface area contributed by atoms with Crippen molar-refractivity contribution in [1.82, 2.24) is 4.90 Å². The van der Waals surface area contributed by atoms with Crippen LogP contribution in [-0.4, -0.2) is 54.8 Å². The molecule has 1 amide bonds. The summed E-state index contributed by atoms with van der Waals surface area (Å²) in [6.45, 7) is 10.5. The highest BCUT2D eigenvalue weighted by molar-refractivity contribution is 5.78. The molecular formula is C17H29NO6. The number of ether oxygens (including phenoxy) is 3. The highest BCUT2D eigenvalue weighted by Gasteiger charge is 2.27. The second kappa shape index (κ2) is 10.7. The Balaban J connectivity index is 4.90. The van der Waals surface area contributed by atoms with E-state index in [0.29, 0.717) is 12.8 Å². The number of hydrogen-bond acceptors (Lipinski definition) is 6. The molecule has 7 heteroatoms. The molecule has 7 nitrogen and oxygen atoms in total. The van der Waals surface area contributed by atoms with Gasteiger partial charge in [-0.2, -0.15) is 0 Å². The summed E-state index contributed by atoms with van der Waals surface area (Å²) in [5.74, 6) is -0.903. The normalized spacial score (nSPS) is 12.0. The summed E-state index contributed by atoms with van der Waals surface area (Å²) in [5, 5.41) is 0. The molecule has 1 unspecified atom stereocenters. The molecule has 0 aromatic rings. The number of carbonyl (C=O) groups is 3. The number of esters is 2. The Bertz CT molecular complexity index is 441. The van der Waals surface area contributed by atoms with Crippen LogP contribution in [0.2, 0.25) is 0 Å². The predicted octanol–water partition coefficient (Wildman–Crippen LogP) is 2.68. The van der Waals surface area contributed by atoms with Gasteiger partial charge in [0.1, 0.15) is 18.8 Å². The van der Waals surface area contributed by atoms with Crippen LogP contribution < -0.4 is 0 Å². The van der Waals surface area contributed by atoms with E-state index in [1.165, 1.54) is 18.1 Å². The zero-order valence-corrected chi connectivity index (χ0v) is 15.3. The molecule has 0 aromatic carbocycles. The van der Waals surface area contributed by atoms with Crippen molar-refractivity contribution < 1.29 is 28.6 Å². The molecule has 0 spiro atoms. The predicted molar refractivity (Wildman–Crippen MR) is 89.4 cm³/mol. The largest absolute Gasteiger partial charge is 0.468 e. The van der Waals surface area contributed by atoms with E-state index >= 15 is 0 Å². The van der Waals surface area contributed by atoms with Gasteiger partial charge in [0.15, 0.2) is 0 Å². The fourth-order valence-electron chi connectivity index (χ4n) is 2.02. The fraction of sp³-hybridized carbons (Fsp3) is 0.706. The van der Waals surface area contributed by atoms with Gasteiger partial charge in [-0.1, -0.05) is 19.6 Å². The summed E-state index contributed by atoms with van der Waals surface area (Å²) < 4.78 is 14.9. The van der Waals surface area contributed by atoms with E-state index in [1.54, 1.807) is 20.8 Å². The molecule has 24 heavy (non-hydrogen) atoms. The van der Waals surface area contributed by atoms with Crippen molar-refractivity contribution >= 4 is 18.0 Å². The number of hydrogen-bond donors (Lipinski definition) is 0. The monoisotopic (exact) mass is 343 g/mol. The van der Waals surface area contributed by atoms with Crippen LogP contribution in [0.3, 0.4) is 0 Å². The zero-order valence-electron chi connectivity index (χ0n) is 15.3. The molecular weight excluding hydrogens is 314 g/mol. The second-order valence-electron chi connectivity index (χ2n) is 6.26. The average molecular weight is 343 g/mol. The van der Waals surface area contributed by atoms with Crippen molar-refractivity contribution in [2.24, 2.45) is 0 Å². The minimum Gasteiger partial charge on any atom is -0.468 e. The Hall–Kier alpha value is -2.05. The molecule has 0 saturated heterocycles. The first-order valence-electron chi connectivity index (χ1n) is 7.97. The zero-order chi connectivity index (χ0) is 18.8. The van der Waals surface area contributed by atoms with E-state index in [1.807, 2.05) is 6.92 Å². The van der Waals surface area contributed by atoms with E-state index in [-0.39, 0.29) is 31.6 Å². The molecule has 0 fully saturated rings. The summed E-state index contributed by atoms with van der Waals surface area (Å²) in [6, 6.07) is -0.339. The molecule has 138 valence electrons. The van der Waals surface area contributed by atoms with Crippen molar-refractivity contribution in [3.8, 4) is 0 Å². The molecule has 0 rings (SSSR count). The molecule has 0 aliphatic carbocycles. The first kappa shape index (κ1) is 21.9. The lowest BCUT2D eigenvalue weighted by atomic mass is 10.1. The van der Waals surface area contributed by atoms with E-state index in [4.69, 9.17) is 9.47 Å². The minimum absolute atomic E-state index is 0.0407. The van der Waals surface area contributed by atoms with Gasteiger partial charge in [-0.25, -0.2) is 4.79 Å². The van der Waals surface area contributed by atoms with E-state index in [9.17, 15) is 14.4 Å². The van der Waals surface area contributed by atoms with Gasteiger partial charge in [0.25, 0.3) is 0 Å². The third-order valence-electron chi connectivity index (χ3n) is 3.10. The van der Waals surface area contributed by atoms with Crippen LogP contribution in [-0.2, 0) is 23.8 Å². The molecule has 0 heterocycles. The first-order valence-corrected chi connectivity index (χ1v) is 7.97. The van der Waals surface area contributed by atoms with Crippen LogP contribution in [0.4, 0.5) is 4.79 Å². The molecule has 0 N–H and O–H groups in total. The number of nitrogens with zero attached hydrogens (tertiary/aromatic N) is 1. The van der Waals surface area contributed by atoms with Crippen molar-refractivity contribution in [3.05, 3.63) is 12.7 Å². The van der Waals surface area contributed by atoms with Gasteiger partial charge in [0.05, 0.1) is 7.11 Å². The van der Waals surface area contributed by atoms with Gasteiger partial charge >= 0.3 is 18.0 Å². The summed E-state index contributed by atoms with van der Waals surface area (Å²) in [5.41, 5.74) is -0.562. The van der Waals surface area contributed by atoms with Gasteiger partial charge in [0, 0.05) is 12.5 Å². The quantitative estimate of drug-likeness (QED) is 0.364. The summed E-state index contributed by atoms with van der Waals surface area (Å²) in [7, 11) is 1.25. The number of amides is 1. The maximum absolute atomic E-state index is 12.2. The van der Waals surface area contributed by atoms with Crippen molar-refractivity contribution in [2.75, 3.05) is 20.3 Å². The summed E-state index contributed by atoms with van der Waals surface area (Å²) in [6.07, 6.45) is 1.86. The first-order chi connectivity index (χ1) is 11.1. The summed E-state index contributed by atoms with van der Waals surface area (Å²) in [4.78, 5) is 36.9. The van der Waals surface area contributed by atoms with Gasteiger partial charge in [-0.05, 0) is 33.6 Å². The Labute approximate surface area is 143 Å². The highest BCUT2D eigenvalue weighted by atomic mass is 16.6. The van der Waals surface area contributed by atoms with Crippen molar-refractivity contribution in [2.45, 2.75) is 58.6 Å². The number of rotatable bonds is 9. The minimum atomic E-state index is -0.642. The lowest BCUT2D eigenvalue weighted by Crippen LogP contribution is -2.44. The van der Waals surface area contributed by atoms with Crippen LogP contribution in [0.5, 0.6) is 0 Å². The molecule has 0 saturated carbocycles. The fourth-order valence-corrected chi connectivity index (χ4v) is 2.02. The maximum Gasteiger partial charge on any atom is 0.410 e. The van der Waals surface area contributed by atoms with Crippen LogP contribution in [0, 0.1) is 0 Å². The maximum atomic E-state index is 12.2. The molecule has 0 bridgehead atoms. The molecule has 0 aliphatic rings. The van der Waals surface area contributed by atoms with Crippen LogP contribution in [0.25, 0.3) is 0 Å². The molecule has 0 aliphatic heterocycles. The lowest BCUT2D eigenvalue weighted by molar-refractivity contribution is -0.155. The Morgan fingerprint density at radius 1 is 1.21 bits per heavy atom. The lowest BCUT2D eigenvalue weighted by Gasteiger charge is -2.29. The van der Waals surface area contributed by atoms with Crippen LogP contribution in [0.15, 0.2) is 12.7 Å². The van der Waals surface area contributed by atoms with E-state index in [2.05, 4.69) is 11.3 Å². The van der Waals surface area contributed by atoms with E-state index in [0.717, 1.165) is 0 Å². The van der Waals surface area contributed by atoms with Gasteiger partial charge in [-0.15, -0.1) is 0 Å². The summed E-state index contributed by atoms with van der Waals surface area (Å²) >= 11 is 0. The molecule has 0 radical (unpaired) electrons. The second-order valence-corrected chi connectivity index (χ2v) is 6.26. The average Bonchev–Trinajstić information content (AvgIpc) is 2.49. The Kier molecular flexibility index (Phi) is 9.76. The molecule has 1 atom stereocenters. The third-order valence-corrected chi connectivity index (χ3v) is 3.10.